The summed E-state index contributed by atoms with van der Waals surface area (Å²) >= 11 is 0. The van der Waals surface area contributed by atoms with Crippen molar-refractivity contribution >= 4 is 32.7 Å². The van der Waals surface area contributed by atoms with Crippen LogP contribution >= 0.6 is 0 Å². The van der Waals surface area contributed by atoms with Crippen LogP contribution in [0.5, 0.6) is 0 Å². The molecule has 2 atom stereocenters. The predicted octanol–water partition coefficient (Wildman–Crippen LogP) is 1.93. The molecular weight excluding hydrogens is 432 g/mol. The van der Waals surface area contributed by atoms with Crippen LogP contribution in [0.1, 0.15) is 24.2 Å². The van der Waals surface area contributed by atoms with Crippen LogP contribution in [-0.2, 0) is 28.9 Å². The molecule has 0 aliphatic carbocycles. The number of nitrogens with one attached hydrogen (secondary N) is 1. The van der Waals surface area contributed by atoms with Gasteiger partial charge in [-0.3, -0.25) is 13.9 Å². The highest BCUT2D eigenvalue weighted by Gasteiger charge is 2.32. The lowest BCUT2D eigenvalue weighted by atomic mass is 10.2. The van der Waals surface area contributed by atoms with E-state index in [2.05, 4.69) is 5.32 Å². The van der Waals surface area contributed by atoms with E-state index in [1.54, 1.807) is 44.4 Å². The molecule has 0 radical (unpaired) electrons. The first-order valence-electron chi connectivity index (χ1n) is 10.3. The number of hydrogen-bond acceptors (Lipinski definition) is 5. The van der Waals surface area contributed by atoms with E-state index in [0.717, 1.165) is 5.52 Å². The summed E-state index contributed by atoms with van der Waals surface area (Å²) in [5, 5.41) is 2.79. The van der Waals surface area contributed by atoms with Gasteiger partial charge in [0.1, 0.15) is 0 Å². The molecule has 9 nitrogen and oxygen atoms in total. The second kappa shape index (κ2) is 8.19. The normalized spacial score (nSPS) is 19.9. The third kappa shape index (κ3) is 3.96. The Bertz CT molecular complexity index is 1350. The second-order valence-electron chi connectivity index (χ2n) is 8.17. The summed E-state index contributed by atoms with van der Waals surface area (Å²) in [7, 11) is -0.411. The highest BCUT2D eigenvalue weighted by molar-refractivity contribution is 7.89. The largest absolute Gasteiger partial charge is 0.373 e. The Labute approximate surface area is 186 Å². The lowest BCUT2D eigenvalue weighted by Gasteiger charge is -2.34. The van der Waals surface area contributed by atoms with E-state index in [0.29, 0.717) is 11.2 Å². The van der Waals surface area contributed by atoms with Crippen molar-refractivity contribution in [2.45, 2.75) is 31.0 Å². The number of aromatic nitrogens is 2. The molecule has 1 aliphatic rings. The summed E-state index contributed by atoms with van der Waals surface area (Å²) in [6.07, 6.45) is -0.409. The lowest BCUT2D eigenvalue weighted by Crippen LogP contribution is -2.48. The average molecular weight is 459 g/mol. The molecule has 4 rings (SSSR count). The van der Waals surface area contributed by atoms with Gasteiger partial charge in [0.25, 0.3) is 5.91 Å². The van der Waals surface area contributed by atoms with Crippen molar-refractivity contribution in [2.75, 3.05) is 18.4 Å². The number of anilines is 1. The average Bonchev–Trinajstić information content (AvgIpc) is 2.97. The second-order valence-corrected chi connectivity index (χ2v) is 10.1. The molecule has 170 valence electrons. The molecule has 1 fully saturated rings. The van der Waals surface area contributed by atoms with E-state index in [1.807, 2.05) is 13.8 Å². The Morgan fingerprint density at radius 3 is 2.34 bits per heavy atom. The maximum absolute atomic E-state index is 13.1. The van der Waals surface area contributed by atoms with Crippen LogP contribution in [0.2, 0.25) is 0 Å². The number of rotatable bonds is 4. The Morgan fingerprint density at radius 1 is 1.00 bits per heavy atom. The molecule has 0 bridgehead atoms. The SMILES string of the molecule is CC1CN(S(=O)(=O)c2cccc(C(=O)Nc3ccc4c(c3)n(C)c(=O)n4C)c2)CC(C)O1. The molecule has 3 aromatic rings. The van der Waals surface area contributed by atoms with E-state index >= 15 is 0 Å². The molecule has 2 heterocycles. The van der Waals surface area contributed by atoms with Crippen LogP contribution in [0, 0.1) is 0 Å². The summed E-state index contributed by atoms with van der Waals surface area (Å²) in [4.78, 5) is 25.0. The number of amides is 1. The smallest absolute Gasteiger partial charge is 0.328 e. The molecule has 2 unspecified atom stereocenters. The van der Waals surface area contributed by atoms with Gasteiger partial charge in [-0.1, -0.05) is 6.07 Å². The van der Waals surface area contributed by atoms with Crippen LogP contribution in [0.15, 0.2) is 52.2 Å². The van der Waals surface area contributed by atoms with Crippen molar-refractivity contribution in [2.24, 2.45) is 14.1 Å². The van der Waals surface area contributed by atoms with Gasteiger partial charge in [0.2, 0.25) is 10.0 Å². The topological polar surface area (TPSA) is 103 Å². The minimum atomic E-state index is -3.76. The third-order valence-corrected chi connectivity index (χ3v) is 7.48. The Hall–Kier alpha value is -2.95. The van der Waals surface area contributed by atoms with Gasteiger partial charge in [0.15, 0.2) is 0 Å². The maximum Gasteiger partial charge on any atom is 0.328 e. The summed E-state index contributed by atoms with van der Waals surface area (Å²) in [5.41, 5.74) is 2.00. The van der Waals surface area contributed by atoms with Crippen molar-refractivity contribution in [1.29, 1.82) is 0 Å². The number of aryl methyl sites for hydroxylation is 2. The van der Waals surface area contributed by atoms with Gasteiger partial charge in [-0.15, -0.1) is 0 Å². The van der Waals surface area contributed by atoms with Crippen molar-refractivity contribution < 1.29 is 17.9 Å². The number of hydrogen-bond donors (Lipinski definition) is 1. The molecule has 1 N–H and O–H groups in total. The van der Waals surface area contributed by atoms with Crippen LogP contribution in [0.4, 0.5) is 5.69 Å². The van der Waals surface area contributed by atoms with Gasteiger partial charge < -0.3 is 10.1 Å². The third-order valence-electron chi connectivity index (χ3n) is 5.65. The number of fused-ring (bicyclic) bond motifs is 1. The quantitative estimate of drug-likeness (QED) is 0.644. The van der Waals surface area contributed by atoms with Gasteiger partial charge in [0.05, 0.1) is 28.1 Å². The van der Waals surface area contributed by atoms with Crippen LogP contribution in [0.25, 0.3) is 11.0 Å². The van der Waals surface area contributed by atoms with E-state index in [9.17, 15) is 18.0 Å². The fourth-order valence-corrected chi connectivity index (χ4v) is 5.70. The van der Waals surface area contributed by atoms with Crippen molar-refractivity contribution in [3.8, 4) is 0 Å². The van der Waals surface area contributed by atoms with Crippen LogP contribution in [-0.4, -0.2) is 53.1 Å². The number of nitrogens with zero attached hydrogens (tertiary/aromatic N) is 3. The van der Waals surface area contributed by atoms with Crippen LogP contribution in [0.3, 0.4) is 0 Å². The fourth-order valence-electron chi connectivity index (χ4n) is 4.06. The van der Waals surface area contributed by atoms with Crippen molar-refractivity contribution in [3.05, 3.63) is 58.5 Å². The van der Waals surface area contributed by atoms with Crippen molar-refractivity contribution in [3.63, 3.8) is 0 Å². The molecule has 0 spiro atoms. The van der Waals surface area contributed by atoms with E-state index in [4.69, 9.17) is 4.74 Å². The Kier molecular flexibility index (Phi) is 5.70. The monoisotopic (exact) mass is 458 g/mol. The number of sulfonamides is 1. The van der Waals surface area contributed by atoms with Gasteiger partial charge in [-0.25, -0.2) is 13.2 Å². The molecule has 0 saturated carbocycles. The summed E-state index contributed by atoms with van der Waals surface area (Å²) in [6.45, 7) is 4.20. The first-order chi connectivity index (χ1) is 15.1. The zero-order chi connectivity index (χ0) is 23.2. The summed E-state index contributed by atoms with van der Waals surface area (Å²) < 4.78 is 36.3. The van der Waals surface area contributed by atoms with Gasteiger partial charge in [-0.05, 0) is 50.2 Å². The Morgan fingerprint density at radius 2 is 1.66 bits per heavy atom. The first-order valence-corrected chi connectivity index (χ1v) is 11.7. The van der Waals surface area contributed by atoms with Crippen molar-refractivity contribution in [1.82, 2.24) is 13.4 Å². The molecule has 10 heteroatoms. The first kappa shape index (κ1) is 22.3. The number of carbonyl (C=O) groups excluding carboxylic acids is 1. The molecule has 1 saturated heterocycles. The van der Waals surface area contributed by atoms with Gasteiger partial charge in [0, 0.05) is 38.4 Å². The molecule has 32 heavy (non-hydrogen) atoms. The zero-order valence-corrected chi connectivity index (χ0v) is 19.2. The fraction of sp³-hybridized carbons (Fsp3) is 0.364. The highest BCUT2D eigenvalue weighted by atomic mass is 32.2. The molecular formula is C22H26N4O5S. The maximum atomic E-state index is 13.1. The summed E-state index contributed by atoms with van der Waals surface area (Å²) in [5.74, 6) is -0.439. The van der Waals surface area contributed by atoms with Crippen LogP contribution < -0.4 is 11.0 Å². The lowest BCUT2D eigenvalue weighted by molar-refractivity contribution is -0.0440. The summed E-state index contributed by atoms with van der Waals surface area (Å²) in [6, 6.07) is 11.2. The van der Waals surface area contributed by atoms with E-state index in [-0.39, 0.29) is 41.4 Å². The minimum Gasteiger partial charge on any atom is -0.373 e. The van der Waals surface area contributed by atoms with E-state index in [1.165, 1.54) is 25.6 Å². The Balaban J connectivity index is 1.59. The number of benzene rings is 2. The molecule has 1 aromatic heterocycles. The predicted molar refractivity (Wildman–Crippen MR) is 121 cm³/mol. The minimum absolute atomic E-state index is 0.0624. The number of carbonyl (C=O) groups is 1. The molecule has 1 aliphatic heterocycles. The molecule has 2 aromatic carbocycles. The van der Waals surface area contributed by atoms with Gasteiger partial charge in [-0.2, -0.15) is 4.31 Å². The molecule has 1 amide bonds. The standard InChI is InChI=1S/C22H26N4O5S/c1-14-12-26(13-15(2)31-14)32(29,30)18-7-5-6-16(10-18)21(27)23-17-8-9-19-20(11-17)25(4)22(28)24(19)3/h5-11,14-15H,12-13H2,1-4H3,(H,23,27). The number of imidazole rings is 1. The highest BCUT2D eigenvalue weighted by Crippen LogP contribution is 2.23. The zero-order valence-electron chi connectivity index (χ0n) is 18.4. The number of ether oxygens (including phenoxy) is 1. The van der Waals surface area contributed by atoms with E-state index < -0.39 is 15.9 Å². The number of morpholine rings is 1. The van der Waals surface area contributed by atoms with Gasteiger partial charge >= 0.3 is 5.69 Å².